The fraction of sp³-hybridized carbons (Fsp3) is 0.462. The average molecular weight is 270 g/mol. The lowest BCUT2D eigenvalue weighted by Crippen LogP contribution is -2.17. The SMILES string of the molecule is CC[N+](=CCOS(=O)(=O)c1ccc(C)cc1)CC. The maximum Gasteiger partial charge on any atom is 0.297 e. The van der Waals surface area contributed by atoms with Crippen molar-refractivity contribution in [2.75, 3.05) is 19.7 Å². The highest BCUT2D eigenvalue weighted by atomic mass is 32.2. The van der Waals surface area contributed by atoms with E-state index in [1.54, 1.807) is 30.5 Å². The van der Waals surface area contributed by atoms with Crippen molar-refractivity contribution < 1.29 is 17.2 Å². The lowest BCUT2D eigenvalue weighted by molar-refractivity contribution is -0.517. The van der Waals surface area contributed by atoms with Crippen LogP contribution < -0.4 is 0 Å². The smallest absolute Gasteiger partial charge is 0.256 e. The Morgan fingerprint density at radius 3 is 2.22 bits per heavy atom. The molecule has 5 heteroatoms. The van der Waals surface area contributed by atoms with Crippen molar-refractivity contribution in [3.63, 3.8) is 0 Å². The van der Waals surface area contributed by atoms with Gasteiger partial charge in [-0.05, 0) is 32.9 Å². The molecule has 1 aromatic carbocycles. The molecule has 0 heterocycles. The van der Waals surface area contributed by atoms with Crippen LogP contribution in [0.5, 0.6) is 0 Å². The standard InChI is InChI=1S/C13H20NO3S/c1-4-14(5-2)10-11-17-18(15,16)13-8-6-12(3)7-9-13/h6-10H,4-5,11H2,1-3H3/q+1. The summed E-state index contributed by atoms with van der Waals surface area (Å²) in [7, 11) is -3.65. The summed E-state index contributed by atoms with van der Waals surface area (Å²) in [5.74, 6) is 0. The van der Waals surface area contributed by atoms with Gasteiger partial charge in [-0.3, -0.25) is 4.18 Å². The van der Waals surface area contributed by atoms with Crippen LogP contribution in [-0.2, 0) is 14.3 Å². The Bertz CT molecular complexity index is 498. The molecule has 0 aliphatic carbocycles. The van der Waals surface area contributed by atoms with Crippen LogP contribution in [0.2, 0.25) is 0 Å². The van der Waals surface area contributed by atoms with E-state index in [4.69, 9.17) is 4.18 Å². The van der Waals surface area contributed by atoms with E-state index in [1.807, 2.05) is 25.3 Å². The Kier molecular flexibility index (Phi) is 5.50. The third kappa shape index (κ3) is 4.23. The maximum atomic E-state index is 11.8. The first-order chi connectivity index (χ1) is 8.49. The molecule has 0 spiro atoms. The summed E-state index contributed by atoms with van der Waals surface area (Å²) >= 11 is 0. The maximum absolute atomic E-state index is 11.8. The molecule has 0 bridgehead atoms. The summed E-state index contributed by atoms with van der Waals surface area (Å²) < 4.78 is 30.6. The molecule has 0 fully saturated rings. The van der Waals surface area contributed by atoms with Gasteiger partial charge >= 0.3 is 0 Å². The monoisotopic (exact) mass is 270 g/mol. The van der Waals surface area contributed by atoms with Crippen LogP contribution in [0.1, 0.15) is 19.4 Å². The predicted octanol–water partition coefficient (Wildman–Crippen LogP) is 1.82. The van der Waals surface area contributed by atoms with Crippen LogP contribution >= 0.6 is 0 Å². The number of benzene rings is 1. The molecule has 18 heavy (non-hydrogen) atoms. The minimum Gasteiger partial charge on any atom is -0.256 e. The van der Waals surface area contributed by atoms with Gasteiger partial charge in [-0.25, -0.2) is 4.58 Å². The minimum absolute atomic E-state index is 0.0674. The lowest BCUT2D eigenvalue weighted by Gasteiger charge is -2.03. The Morgan fingerprint density at radius 2 is 1.72 bits per heavy atom. The van der Waals surface area contributed by atoms with Crippen molar-refractivity contribution in [2.45, 2.75) is 25.7 Å². The molecular formula is C13H20NO3S+. The van der Waals surface area contributed by atoms with E-state index in [9.17, 15) is 8.42 Å². The molecule has 100 valence electrons. The second-order valence-electron chi connectivity index (χ2n) is 3.96. The zero-order valence-corrected chi connectivity index (χ0v) is 11.9. The van der Waals surface area contributed by atoms with E-state index < -0.39 is 10.1 Å². The molecule has 0 amide bonds. The van der Waals surface area contributed by atoms with Crippen LogP contribution in [0.25, 0.3) is 0 Å². The Balaban J connectivity index is 2.71. The van der Waals surface area contributed by atoms with Crippen LogP contribution in [0.3, 0.4) is 0 Å². The molecule has 0 N–H and O–H groups in total. The van der Waals surface area contributed by atoms with Gasteiger partial charge in [0.1, 0.15) is 19.7 Å². The van der Waals surface area contributed by atoms with Crippen molar-refractivity contribution in [3.05, 3.63) is 29.8 Å². The van der Waals surface area contributed by atoms with Gasteiger partial charge in [0.2, 0.25) is 0 Å². The summed E-state index contributed by atoms with van der Waals surface area (Å²) in [5, 5.41) is 0. The van der Waals surface area contributed by atoms with Crippen molar-refractivity contribution in [1.29, 1.82) is 0 Å². The van der Waals surface area contributed by atoms with Gasteiger partial charge in [0.25, 0.3) is 10.1 Å². The first-order valence-corrected chi connectivity index (χ1v) is 7.44. The molecule has 0 saturated heterocycles. The van der Waals surface area contributed by atoms with Gasteiger partial charge in [0.05, 0.1) is 4.90 Å². The zero-order valence-electron chi connectivity index (χ0n) is 11.1. The zero-order chi connectivity index (χ0) is 13.6. The Labute approximate surface area is 109 Å². The van der Waals surface area contributed by atoms with Gasteiger partial charge < -0.3 is 0 Å². The topological polar surface area (TPSA) is 46.4 Å². The predicted molar refractivity (Wildman–Crippen MR) is 71.7 cm³/mol. The number of hydrogen-bond acceptors (Lipinski definition) is 3. The van der Waals surface area contributed by atoms with E-state index in [0.29, 0.717) is 0 Å². The van der Waals surface area contributed by atoms with Crippen molar-refractivity contribution in [2.24, 2.45) is 0 Å². The first-order valence-electron chi connectivity index (χ1n) is 6.03. The third-order valence-corrected chi connectivity index (χ3v) is 3.97. The summed E-state index contributed by atoms with van der Waals surface area (Å²) in [6.45, 7) is 7.67. The second-order valence-corrected chi connectivity index (χ2v) is 5.57. The molecule has 0 aliphatic rings. The molecule has 0 unspecified atom stereocenters. The normalized spacial score (nSPS) is 11.3. The minimum atomic E-state index is -3.65. The van der Waals surface area contributed by atoms with Crippen molar-refractivity contribution in [1.82, 2.24) is 0 Å². The van der Waals surface area contributed by atoms with Crippen LogP contribution in [0.15, 0.2) is 29.2 Å². The molecule has 4 nitrogen and oxygen atoms in total. The van der Waals surface area contributed by atoms with Gasteiger partial charge in [0.15, 0.2) is 6.21 Å². The molecule has 0 aliphatic heterocycles. The highest BCUT2D eigenvalue weighted by Crippen LogP contribution is 2.12. The van der Waals surface area contributed by atoms with Gasteiger partial charge in [-0.2, -0.15) is 8.42 Å². The molecule has 0 atom stereocenters. The molecule has 0 saturated carbocycles. The molecule has 1 rings (SSSR count). The van der Waals surface area contributed by atoms with E-state index in [1.165, 1.54) is 0 Å². The number of nitrogens with zero attached hydrogens (tertiary/aromatic N) is 1. The fourth-order valence-electron chi connectivity index (χ4n) is 1.48. The lowest BCUT2D eigenvalue weighted by atomic mass is 10.2. The average Bonchev–Trinajstić information content (AvgIpc) is 2.35. The second kappa shape index (κ2) is 6.66. The van der Waals surface area contributed by atoms with E-state index >= 15 is 0 Å². The Hall–Kier alpha value is -1.20. The van der Waals surface area contributed by atoms with Crippen LogP contribution in [0.4, 0.5) is 0 Å². The number of aryl methyl sites for hydroxylation is 1. The summed E-state index contributed by atoms with van der Waals surface area (Å²) in [6, 6.07) is 6.62. The quantitative estimate of drug-likeness (QED) is 0.450. The molecule has 0 aromatic heterocycles. The molecule has 1 aromatic rings. The van der Waals surface area contributed by atoms with Crippen molar-refractivity contribution in [3.8, 4) is 0 Å². The fourth-order valence-corrected chi connectivity index (χ4v) is 2.33. The van der Waals surface area contributed by atoms with Crippen molar-refractivity contribution >= 4 is 16.3 Å². The summed E-state index contributed by atoms with van der Waals surface area (Å²) in [4.78, 5) is 0.195. The van der Waals surface area contributed by atoms with Gasteiger partial charge in [-0.15, -0.1) is 0 Å². The molecule has 0 radical (unpaired) electrons. The summed E-state index contributed by atoms with van der Waals surface area (Å²) in [6.07, 6.45) is 1.76. The first kappa shape index (κ1) is 14.9. The largest absolute Gasteiger partial charge is 0.297 e. The Morgan fingerprint density at radius 1 is 1.17 bits per heavy atom. The van der Waals surface area contributed by atoms with E-state index in [-0.39, 0.29) is 11.5 Å². The van der Waals surface area contributed by atoms with Gasteiger partial charge in [-0.1, -0.05) is 17.7 Å². The summed E-state index contributed by atoms with van der Waals surface area (Å²) in [5.41, 5.74) is 1.02. The number of rotatable bonds is 6. The van der Waals surface area contributed by atoms with Crippen LogP contribution in [-0.4, -0.2) is 38.9 Å². The third-order valence-electron chi connectivity index (χ3n) is 2.68. The van der Waals surface area contributed by atoms with Crippen LogP contribution in [0, 0.1) is 6.92 Å². The van der Waals surface area contributed by atoms with E-state index in [0.717, 1.165) is 18.7 Å². The van der Waals surface area contributed by atoms with Gasteiger partial charge in [0, 0.05) is 0 Å². The van der Waals surface area contributed by atoms with E-state index in [2.05, 4.69) is 0 Å². The highest BCUT2D eigenvalue weighted by Gasteiger charge is 2.14. The molecular weight excluding hydrogens is 250 g/mol. The number of hydrogen-bond donors (Lipinski definition) is 0. The highest BCUT2D eigenvalue weighted by molar-refractivity contribution is 7.86.